The number of nitrogens with one attached hydrogen (secondary N) is 2. The lowest BCUT2D eigenvalue weighted by atomic mass is 10.0. The third-order valence-electron chi connectivity index (χ3n) is 3.34. The molecule has 0 radical (unpaired) electrons. The van der Waals surface area contributed by atoms with Crippen molar-refractivity contribution in [2.24, 2.45) is 0 Å². The molecule has 2 aromatic rings. The van der Waals surface area contributed by atoms with Crippen molar-refractivity contribution in [2.75, 3.05) is 6.54 Å². The Bertz CT molecular complexity index is 709. The van der Waals surface area contributed by atoms with Crippen LogP contribution in [0.1, 0.15) is 32.4 Å². The van der Waals surface area contributed by atoms with Crippen LogP contribution in [0.25, 0.3) is 11.3 Å². The predicted octanol–water partition coefficient (Wildman–Crippen LogP) is 2.13. The Balaban J connectivity index is 2.03. The monoisotopic (exact) mass is 351 g/mol. The number of rotatable bonds is 5. The van der Waals surface area contributed by atoms with E-state index in [2.05, 4.69) is 15.5 Å². The minimum atomic E-state index is -1.30. The van der Waals surface area contributed by atoms with Crippen LogP contribution in [-0.2, 0) is 4.74 Å². The molecule has 2 atom stereocenters. The smallest absolute Gasteiger partial charge is 0.407 e. The average molecular weight is 351 g/mol. The van der Waals surface area contributed by atoms with Crippen LogP contribution in [0.2, 0.25) is 0 Å². The summed E-state index contributed by atoms with van der Waals surface area (Å²) in [5.74, 6) is -0.382. The highest BCUT2D eigenvalue weighted by Crippen LogP contribution is 2.28. The minimum absolute atomic E-state index is 0.204. The Morgan fingerprint density at radius 2 is 1.96 bits per heavy atom. The fourth-order valence-electron chi connectivity index (χ4n) is 2.19. The summed E-state index contributed by atoms with van der Waals surface area (Å²) in [6.07, 6.45) is -1.89. The second kappa shape index (κ2) is 7.62. The van der Waals surface area contributed by atoms with E-state index in [1.54, 1.807) is 20.8 Å². The number of aliphatic hydroxyl groups excluding tert-OH is 2. The number of aromatic amines is 1. The molecule has 4 N–H and O–H groups in total. The fraction of sp³-hybridized carbons (Fsp3) is 0.412. The maximum absolute atomic E-state index is 13.0. The number of hydrogen-bond acceptors (Lipinski definition) is 5. The molecule has 2 rings (SSSR count). The Morgan fingerprint density at radius 1 is 1.32 bits per heavy atom. The highest BCUT2D eigenvalue weighted by molar-refractivity contribution is 5.67. The summed E-state index contributed by atoms with van der Waals surface area (Å²) < 4.78 is 18.1. The standard InChI is InChI=1S/C17H22FN3O4/c1-17(2,3)25-16(24)19-9-13(22)15(23)12-8-20-21-14(12)10-4-6-11(18)7-5-10/h4-8,13,15,22-23H,9H2,1-3H3,(H,19,24)(H,20,21). The van der Waals surface area contributed by atoms with E-state index in [0.29, 0.717) is 16.8 Å². The summed E-state index contributed by atoms with van der Waals surface area (Å²) in [5, 5.41) is 29.5. The lowest BCUT2D eigenvalue weighted by Crippen LogP contribution is -2.38. The summed E-state index contributed by atoms with van der Waals surface area (Å²) in [5.41, 5.74) is 0.752. The molecule has 7 nitrogen and oxygen atoms in total. The molecular weight excluding hydrogens is 329 g/mol. The second-order valence-electron chi connectivity index (χ2n) is 6.60. The number of halogens is 1. The van der Waals surface area contributed by atoms with Crippen molar-refractivity contribution in [3.63, 3.8) is 0 Å². The third-order valence-corrected chi connectivity index (χ3v) is 3.34. The van der Waals surface area contributed by atoms with Gasteiger partial charge in [-0.25, -0.2) is 9.18 Å². The van der Waals surface area contributed by atoms with E-state index < -0.39 is 23.9 Å². The van der Waals surface area contributed by atoms with Crippen LogP contribution in [0.3, 0.4) is 0 Å². The van der Waals surface area contributed by atoms with Gasteiger partial charge in [0.15, 0.2) is 0 Å². The summed E-state index contributed by atoms with van der Waals surface area (Å²) in [7, 11) is 0. The molecule has 25 heavy (non-hydrogen) atoms. The van der Waals surface area contributed by atoms with Gasteiger partial charge in [-0.2, -0.15) is 5.10 Å². The van der Waals surface area contributed by atoms with Crippen molar-refractivity contribution >= 4 is 6.09 Å². The molecule has 1 amide bonds. The molecule has 1 heterocycles. The number of nitrogens with zero attached hydrogens (tertiary/aromatic N) is 1. The highest BCUT2D eigenvalue weighted by Gasteiger charge is 2.25. The number of aliphatic hydroxyl groups is 2. The molecule has 0 saturated carbocycles. The number of carbonyl (C=O) groups excluding carboxylic acids is 1. The van der Waals surface area contributed by atoms with Gasteiger partial charge in [0.2, 0.25) is 0 Å². The maximum Gasteiger partial charge on any atom is 0.407 e. The Morgan fingerprint density at radius 3 is 2.56 bits per heavy atom. The first-order valence-corrected chi connectivity index (χ1v) is 7.79. The summed E-state index contributed by atoms with van der Waals surface area (Å²) >= 11 is 0. The van der Waals surface area contributed by atoms with E-state index in [4.69, 9.17) is 4.74 Å². The van der Waals surface area contributed by atoms with Crippen molar-refractivity contribution in [1.82, 2.24) is 15.5 Å². The van der Waals surface area contributed by atoms with Gasteiger partial charge in [-0.3, -0.25) is 5.10 Å². The molecule has 136 valence electrons. The Hall–Kier alpha value is -2.45. The molecule has 0 spiro atoms. The van der Waals surface area contributed by atoms with E-state index in [1.165, 1.54) is 30.5 Å². The van der Waals surface area contributed by atoms with Gasteiger partial charge in [0.1, 0.15) is 23.6 Å². The molecule has 1 aromatic carbocycles. The van der Waals surface area contributed by atoms with Crippen molar-refractivity contribution < 1.29 is 24.1 Å². The van der Waals surface area contributed by atoms with Crippen molar-refractivity contribution in [2.45, 2.75) is 38.6 Å². The van der Waals surface area contributed by atoms with Gasteiger partial charge in [-0.15, -0.1) is 0 Å². The van der Waals surface area contributed by atoms with Crippen LogP contribution in [-0.4, -0.2) is 44.8 Å². The van der Waals surface area contributed by atoms with E-state index in [9.17, 15) is 19.4 Å². The van der Waals surface area contributed by atoms with Crippen LogP contribution in [0.4, 0.5) is 9.18 Å². The van der Waals surface area contributed by atoms with E-state index in [-0.39, 0.29) is 12.4 Å². The predicted molar refractivity (Wildman–Crippen MR) is 89.2 cm³/mol. The molecule has 0 bridgehead atoms. The van der Waals surface area contributed by atoms with Crippen LogP contribution >= 0.6 is 0 Å². The maximum atomic E-state index is 13.0. The molecule has 2 unspecified atom stereocenters. The van der Waals surface area contributed by atoms with E-state index in [0.717, 1.165) is 0 Å². The normalized spacial score (nSPS) is 14.0. The number of ether oxygens (including phenoxy) is 1. The first kappa shape index (κ1) is 18.9. The van der Waals surface area contributed by atoms with Crippen molar-refractivity contribution in [3.8, 4) is 11.3 Å². The van der Waals surface area contributed by atoms with Gasteiger partial charge in [-0.05, 0) is 45.0 Å². The number of H-pyrrole nitrogens is 1. The average Bonchev–Trinajstić information content (AvgIpc) is 3.00. The first-order valence-electron chi connectivity index (χ1n) is 7.79. The second-order valence-corrected chi connectivity index (χ2v) is 6.60. The van der Waals surface area contributed by atoms with Crippen LogP contribution < -0.4 is 5.32 Å². The van der Waals surface area contributed by atoms with Crippen molar-refractivity contribution in [3.05, 3.63) is 41.8 Å². The molecular formula is C17H22FN3O4. The zero-order valence-corrected chi connectivity index (χ0v) is 14.3. The zero-order chi connectivity index (χ0) is 18.6. The minimum Gasteiger partial charge on any atom is -0.444 e. The number of amides is 1. The Kier molecular flexibility index (Phi) is 5.76. The number of benzene rings is 1. The quantitative estimate of drug-likeness (QED) is 0.660. The van der Waals surface area contributed by atoms with Gasteiger partial charge in [0.05, 0.1) is 11.9 Å². The van der Waals surface area contributed by atoms with Gasteiger partial charge in [0.25, 0.3) is 0 Å². The molecule has 0 aliphatic rings. The van der Waals surface area contributed by atoms with Gasteiger partial charge >= 0.3 is 6.09 Å². The largest absolute Gasteiger partial charge is 0.444 e. The molecule has 0 fully saturated rings. The summed E-state index contributed by atoms with van der Waals surface area (Å²) in [6, 6.07) is 5.63. The first-order chi connectivity index (χ1) is 11.7. The van der Waals surface area contributed by atoms with E-state index >= 15 is 0 Å². The van der Waals surface area contributed by atoms with E-state index in [1.807, 2.05) is 0 Å². The molecule has 0 saturated heterocycles. The Labute approximate surface area is 144 Å². The molecule has 0 aliphatic carbocycles. The number of aromatic nitrogens is 2. The van der Waals surface area contributed by atoms with Gasteiger partial charge < -0.3 is 20.3 Å². The number of hydrogen-bond donors (Lipinski definition) is 4. The lowest BCUT2D eigenvalue weighted by molar-refractivity contribution is 0.0132. The summed E-state index contributed by atoms with van der Waals surface area (Å²) in [6.45, 7) is 4.96. The number of alkyl carbamates (subject to hydrolysis) is 1. The van der Waals surface area contributed by atoms with Gasteiger partial charge in [0, 0.05) is 17.7 Å². The van der Waals surface area contributed by atoms with Crippen LogP contribution in [0.5, 0.6) is 0 Å². The van der Waals surface area contributed by atoms with Gasteiger partial charge in [-0.1, -0.05) is 0 Å². The van der Waals surface area contributed by atoms with Crippen molar-refractivity contribution in [1.29, 1.82) is 0 Å². The highest BCUT2D eigenvalue weighted by atomic mass is 19.1. The number of carbonyl (C=O) groups is 1. The third kappa shape index (κ3) is 5.27. The van der Waals surface area contributed by atoms with Crippen LogP contribution in [0.15, 0.2) is 30.5 Å². The molecule has 1 aromatic heterocycles. The SMILES string of the molecule is CC(C)(C)OC(=O)NCC(O)C(O)c1cn[nH]c1-c1ccc(F)cc1. The lowest BCUT2D eigenvalue weighted by Gasteiger charge is -2.22. The molecule has 8 heteroatoms. The fourth-order valence-corrected chi connectivity index (χ4v) is 2.19. The molecule has 0 aliphatic heterocycles. The topological polar surface area (TPSA) is 107 Å². The zero-order valence-electron chi connectivity index (χ0n) is 14.3. The summed E-state index contributed by atoms with van der Waals surface area (Å²) in [4.78, 5) is 11.6. The van der Waals surface area contributed by atoms with Crippen LogP contribution in [0, 0.1) is 5.82 Å².